The van der Waals surface area contributed by atoms with E-state index in [0.717, 1.165) is 6.42 Å². The minimum absolute atomic E-state index is 0.0676. The molecule has 1 aromatic carbocycles. The van der Waals surface area contributed by atoms with Crippen molar-refractivity contribution in [3.05, 3.63) is 45.9 Å². The van der Waals surface area contributed by atoms with Gasteiger partial charge in [-0.25, -0.2) is 4.39 Å². The van der Waals surface area contributed by atoms with Crippen molar-refractivity contribution < 1.29 is 28.7 Å². The van der Waals surface area contributed by atoms with Crippen molar-refractivity contribution in [2.75, 3.05) is 20.2 Å². The van der Waals surface area contributed by atoms with Gasteiger partial charge >= 0.3 is 0 Å². The molecule has 1 spiro atoms. The fourth-order valence-corrected chi connectivity index (χ4v) is 7.16. The molecular formula is C24H23ClFN3O5. The molecule has 5 aliphatic rings. The molecular weight excluding hydrogens is 465 g/mol. The van der Waals surface area contributed by atoms with Gasteiger partial charge in [-0.2, -0.15) is 0 Å². The molecule has 34 heavy (non-hydrogen) atoms. The lowest BCUT2D eigenvalue weighted by molar-refractivity contribution is -0.160. The standard InChI is InChI=1S/C24H23ClFN3O5/c1-27-21(33)18-14-5-7-28(10-12-2-3-16(26)15(25)8-12)20(32)17(14)19(31)22(34)29(18)24(27)6-4-13-9-23(13,24)11-30/h2-3,8,13,17,30H,4-7,9-11H2,1H3/t13-,17?,23-,24-/m1/s1. The second-order valence-corrected chi connectivity index (χ2v) is 10.4. The predicted molar refractivity (Wildman–Crippen MR) is 116 cm³/mol. The molecule has 178 valence electrons. The lowest BCUT2D eigenvalue weighted by atomic mass is 9.80. The summed E-state index contributed by atoms with van der Waals surface area (Å²) in [6.45, 7) is 0.179. The third-order valence-corrected chi connectivity index (χ3v) is 8.99. The van der Waals surface area contributed by atoms with Crippen LogP contribution in [0.25, 0.3) is 0 Å². The number of Topliss-reactive ketones (excluding diaryl/α,β-unsaturated/α-hetero) is 1. The van der Waals surface area contributed by atoms with Crippen molar-refractivity contribution in [2.45, 2.75) is 37.9 Å². The van der Waals surface area contributed by atoms with E-state index in [1.54, 1.807) is 7.05 Å². The van der Waals surface area contributed by atoms with Crippen molar-refractivity contribution in [2.24, 2.45) is 17.3 Å². The minimum atomic E-state index is -1.34. The summed E-state index contributed by atoms with van der Waals surface area (Å²) in [5, 5.41) is 10.2. The molecule has 4 fully saturated rings. The number of aliphatic hydroxyl groups excluding tert-OH is 1. The lowest BCUT2D eigenvalue weighted by Crippen LogP contribution is -2.63. The van der Waals surface area contributed by atoms with Crippen molar-refractivity contribution in [1.82, 2.24) is 14.7 Å². The minimum Gasteiger partial charge on any atom is -0.396 e. The molecule has 3 heterocycles. The highest BCUT2D eigenvalue weighted by atomic mass is 35.5. The summed E-state index contributed by atoms with van der Waals surface area (Å²) >= 11 is 5.86. The Bertz CT molecular complexity index is 1230. The number of likely N-dealkylation sites (tertiary alicyclic amines) is 1. The Morgan fingerprint density at radius 2 is 1.97 bits per heavy atom. The van der Waals surface area contributed by atoms with Crippen LogP contribution in [0.4, 0.5) is 4.39 Å². The number of hydrogen-bond acceptors (Lipinski definition) is 5. The normalized spacial score (nSPS) is 34.3. The van der Waals surface area contributed by atoms with Crippen LogP contribution in [0, 0.1) is 23.1 Å². The Hall–Kier alpha value is -2.78. The van der Waals surface area contributed by atoms with Gasteiger partial charge in [0.05, 0.1) is 11.6 Å². The van der Waals surface area contributed by atoms with E-state index in [9.17, 15) is 28.7 Å². The Morgan fingerprint density at radius 1 is 1.21 bits per heavy atom. The average Bonchev–Trinajstić information content (AvgIpc) is 3.40. The first-order valence-corrected chi connectivity index (χ1v) is 11.8. The highest BCUT2D eigenvalue weighted by Crippen LogP contribution is 2.72. The fraction of sp³-hybridized carbons (Fsp3) is 0.500. The van der Waals surface area contributed by atoms with Crippen LogP contribution in [0.1, 0.15) is 31.2 Å². The van der Waals surface area contributed by atoms with Crippen molar-refractivity contribution >= 4 is 35.1 Å². The maximum absolute atomic E-state index is 13.5. The van der Waals surface area contributed by atoms with Gasteiger partial charge in [0, 0.05) is 25.6 Å². The first-order valence-electron chi connectivity index (χ1n) is 11.4. The number of halogens is 2. The summed E-state index contributed by atoms with van der Waals surface area (Å²) in [5.41, 5.74) is -0.577. The SMILES string of the molecule is CN1C(=O)C2=C3CCN(Cc4ccc(F)c(Cl)c4)C(=O)C3C(=O)C(=O)N2[C@@]12CC[C@@H]1C[C@@]12CO. The lowest BCUT2D eigenvalue weighted by Gasteiger charge is -2.47. The maximum Gasteiger partial charge on any atom is 0.297 e. The van der Waals surface area contributed by atoms with Gasteiger partial charge in [0.15, 0.2) is 0 Å². The number of rotatable bonds is 3. The number of benzene rings is 1. The number of carbonyl (C=O) groups is 4. The molecule has 6 rings (SSSR count). The molecule has 2 saturated carbocycles. The van der Waals surface area contributed by atoms with Gasteiger partial charge in [0.25, 0.3) is 11.8 Å². The van der Waals surface area contributed by atoms with Gasteiger partial charge in [-0.05, 0) is 54.9 Å². The van der Waals surface area contributed by atoms with E-state index < -0.39 is 40.4 Å². The number of carbonyl (C=O) groups excluding carboxylic acids is 4. The average molecular weight is 488 g/mol. The zero-order chi connectivity index (χ0) is 24.2. The van der Waals surface area contributed by atoms with Crippen LogP contribution < -0.4 is 0 Å². The first kappa shape index (κ1) is 21.7. The van der Waals surface area contributed by atoms with Crippen molar-refractivity contribution in [1.29, 1.82) is 0 Å². The van der Waals surface area contributed by atoms with Gasteiger partial charge in [0.2, 0.25) is 11.7 Å². The predicted octanol–water partition coefficient (Wildman–Crippen LogP) is 1.45. The second kappa shape index (κ2) is 6.88. The van der Waals surface area contributed by atoms with Crippen LogP contribution in [-0.4, -0.2) is 69.2 Å². The largest absolute Gasteiger partial charge is 0.396 e. The first-order chi connectivity index (χ1) is 16.2. The number of nitrogens with zero attached hydrogens (tertiary/aromatic N) is 3. The number of aliphatic hydroxyl groups is 1. The van der Waals surface area contributed by atoms with Crippen LogP contribution in [0.5, 0.6) is 0 Å². The molecule has 10 heteroatoms. The molecule has 1 unspecified atom stereocenters. The van der Waals surface area contributed by atoms with E-state index in [-0.39, 0.29) is 48.7 Å². The van der Waals surface area contributed by atoms with E-state index in [4.69, 9.17) is 11.6 Å². The second-order valence-electron chi connectivity index (χ2n) is 10.0. The Labute approximate surface area is 199 Å². The van der Waals surface area contributed by atoms with Gasteiger partial charge in [-0.1, -0.05) is 17.7 Å². The molecule has 0 aromatic heterocycles. The summed E-state index contributed by atoms with van der Waals surface area (Å²) in [6.07, 6.45) is 2.21. The number of piperidine rings is 1. The molecule has 0 bridgehead atoms. The maximum atomic E-state index is 13.5. The summed E-state index contributed by atoms with van der Waals surface area (Å²) in [6, 6.07) is 4.15. The smallest absolute Gasteiger partial charge is 0.297 e. The molecule has 1 aromatic rings. The van der Waals surface area contributed by atoms with E-state index in [0.29, 0.717) is 24.0 Å². The fourth-order valence-electron chi connectivity index (χ4n) is 6.95. The van der Waals surface area contributed by atoms with Crippen LogP contribution in [0.2, 0.25) is 5.02 Å². The van der Waals surface area contributed by atoms with E-state index >= 15 is 0 Å². The molecule has 4 atom stereocenters. The molecule has 1 N–H and O–H groups in total. The summed E-state index contributed by atoms with van der Waals surface area (Å²) in [7, 11) is 1.62. The Morgan fingerprint density at radius 3 is 2.65 bits per heavy atom. The van der Waals surface area contributed by atoms with Crippen LogP contribution in [-0.2, 0) is 25.7 Å². The highest BCUT2D eigenvalue weighted by molar-refractivity contribution is 6.44. The number of ketones is 1. The zero-order valence-corrected chi connectivity index (χ0v) is 19.3. The van der Waals surface area contributed by atoms with E-state index in [1.165, 1.54) is 32.9 Å². The van der Waals surface area contributed by atoms with Crippen LogP contribution >= 0.6 is 11.6 Å². The van der Waals surface area contributed by atoms with Gasteiger partial charge < -0.3 is 14.9 Å². The van der Waals surface area contributed by atoms with E-state index in [1.807, 2.05) is 0 Å². The van der Waals surface area contributed by atoms with Crippen molar-refractivity contribution in [3.8, 4) is 0 Å². The van der Waals surface area contributed by atoms with Crippen molar-refractivity contribution in [3.63, 3.8) is 0 Å². The number of hydrogen-bond donors (Lipinski definition) is 1. The quantitative estimate of drug-likeness (QED) is 0.514. The Kier molecular flexibility index (Phi) is 4.40. The monoisotopic (exact) mass is 487 g/mol. The summed E-state index contributed by atoms with van der Waals surface area (Å²) in [5.74, 6) is -4.34. The van der Waals surface area contributed by atoms with Crippen LogP contribution in [0.15, 0.2) is 29.5 Å². The van der Waals surface area contributed by atoms with E-state index in [2.05, 4.69) is 0 Å². The zero-order valence-electron chi connectivity index (χ0n) is 18.5. The number of likely N-dealkylation sites (N-methyl/N-ethyl adjacent to an activating group) is 1. The molecule has 2 aliphatic carbocycles. The topological polar surface area (TPSA) is 98.2 Å². The highest BCUT2D eigenvalue weighted by Gasteiger charge is 2.79. The molecule has 3 aliphatic heterocycles. The number of amides is 3. The van der Waals surface area contributed by atoms with Gasteiger partial charge in [-0.3, -0.25) is 24.1 Å². The number of fused-ring (bicyclic) bond motifs is 5. The van der Waals surface area contributed by atoms with Crippen LogP contribution in [0.3, 0.4) is 0 Å². The van der Waals surface area contributed by atoms with Gasteiger partial charge in [0.1, 0.15) is 23.1 Å². The third-order valence-electron chi connectivity index (χ3n) is 8.70. The summed E-state index contributed by atoms with van der Waals surface area (Å²) < 4.78 is 13.5. The molecule has 3 amide bonds. The third kappa shape index (κ3) is 2.41. The molecule has 8 nitrogen and oxygen atoms in total. The Balaban J connectivity index is 1.39. The van der Waals surface area contributed by atoms with Gasteiger partial charge in [-0.15, -0.1) is 0 Å². The molecule has 2 saturated heterocycles. The summed E-state index contributed by atoms with van der Waals surface area (Å²) in [4.78, 5) is 58.0. The molecule has 0 radical (unpaired) electrons.